The van der Waals surface area contributed by atoms with Gasteiger partial charge >= 0.3 is 0 Å². The van der Waals surface area contributed by atoms with Gasteiger partial charge < -0.3 is 10.2 Å². The number of allylic oxidation sites excluding steroid dienone is 1. The number of rotatable bonds is 16. The molecule has 0 saturated carbocycles. The Balaban J connectivity index is 2.58. The molecular formula is C32H58N6O. The first-order valence-electron chi connectivity index (χ1n) is 15.7. The van der Waals surface area contributed by atoms with Gasteiger partial charge in [-0.15, -0.1) is 0 Å². The second-order valence-electron chi connectivity index (χ2n) is 12.8. The third-order valence-electron chi connectivity index (χ3n) is 7.61. The fourth-order valence-corrected chi connectivity index (χ4v) is 5.85. The highest BCUT2D eigenvalue weighted by molar-refractivity contribution is 6.01. The lowest BCUT2D eigenvalue weighted by Gasteiger charge is -2.49. The number of nitrogens with zero attached hydrogens (tertiary/aromatic N) is 5. The molecule has 7 nitrogen and oxygen atoms in total. The van der Waals surface area contributed by atoms with Crippen LogP contribution < -0.4 is 10.2 Å². The first-order chi connectivity index (χ1) is 18.4. The average molecular weight is 543 g/mol. The van der Waals surface area contributed by atoms with Crippen molar-refractivity contribution in [2.75, 3.05) is 18.0 Å². The first kappa shape index (κ1) is 33.2. The van der Waals surface area contributed by atoms with Crippen LogP contribution in [-0.2, 0) is 17.6 Å². The molecule has 1 aliphatic heterocycles. The molecule has 2 rings (SSSR count). The van der Waals surface area contributed by atoms with Crippen LogP contribution in [0.1, 0.15) is 138 Å². The van der Waals surface area contributed by atoms with E-state index in [0.29, 0.717) is 5.95 Å². The summed E-state index contributed by atoms with van der Waals surface area (Å²) in [6.45, 7) is 21.8. The number of aromatic nitrogens is 3. The minimum absolute atomic E-state index is 0.00650. The maximum Gasteiger partial charge on any atom is 0.255 e. The van der Waals surface area contributed by atoms with Crippen LogP contribution >= 0.6 is 0 Å². The highest BCUT2D eigenvalue weighted by Gasteiger charge is 2.42. The van der Waals surface area contributed by atoms with E-state index in [2.05, 4.69) is 72.5 Å². The van der Waals surface area contributed by atoms with Gasteiger partial charge in [0.25, 0.3) is 5.91 Å². The molecule has 1 aromatic rings. The molecule has 39 heavy (non-hydrogen) atoms. The molecule has 222 valence electrons. The number of hydrogen-bond donors (Lipinski definition) is 1. The van der Waals surface area contributed by atoms with Crippen LogP contribution in [0.4, 0.5) is 5.95 Å². The molecule has 0 unspecified atom stereocenters. The Morgan fingerprint density at radius 3 is 1.72 bits per heavy atom. The summed E-state index contributed by atoms with van der Waals surface area (Å²) in [5.74, 6) is 2.14. The Labute approximate surface area is 239 Å². The Hall–Kier alpha value is -2.02. The van der Waals surface area contributed by atoms with Gasteiger partial charge in [-0.1, -0.05) is 53.4 Å². The van der Waals surface area contributed by atoms with Gasteiger partial charge in [-0.05, 0) is 73.1 Å². The SMILES string of the molecule is CCCCc1nc(CCCC)nc(N(C(=O)/C=C(/C)N(CCCC)CCCC)C2CC(C)(C)NC(C)(C)C2)n1. The second-order valence-corrected chi connectivity index (χ2v) is 12.8. The summed E-state index contributed by atoms with van der Waals surface area (Å²) < 4.78 is 0. The molecule has 0 spiro atoms. The predicted molar refractivity (Wildman–Crippen MR) is 164 cm³/mol. The minimum Gasteiger partial charge on any atom is -0.375 e. The summed E-state index contributed by atoms with van der Waals surface area (Å²) >= 11 is 0. The van der Waals surface area contributed by atoms with E-state index in [1.165, 1.54) is 0 Å². The van der Waals surface area contributed by atoms with Crippen molar-refractivity contribution in [1.82, 2.24) is 25.2 Å². The zero-order chi connectivity index (χ0) is 29.1. The Bertz CT molecular complexity index is 875. The molecular weight excluding hydrogens is 484 g/mol. The summed E-state index contributed by atoms with van der Waals surface area (Å²) in [7, 11) is 0. The number of anilines is 1. The summed E-state index contributed by atoms with van der Waals surface area (Å²) in [4.78, 5) is 33.3. The topological polar surface area (TPSA) is 74.2 Å². The molecule has 1 fully saturated rings. The van der Waals surface area contributed by atoms with Crippen LogP contribution in [0.2, 0.25) is 0 Å². The van der Waals surface area contributed by atoms with Crippen molar-refractivity contribution in [2.24, 2.45) is 0 Å². The van der Waals surface area contributed by atoms with Crippen molar-refractivity contribution in [2.45, 2.75) is 156 Å². The number of unbranched alkanes of at least 4 members (excludes halogenated alkanes) is 4. The fourth-order valence-electron chi connectivity index (χ4n) is 5.85. The summed E-state index contributed by atoms with van der Waals surface area (Å²) in [6.07, 6.45) is 13.9. The van der Waals surface area contributed by atoms with Gasteiger partial charge in [0.1, 0.15) is 11.6 Å². The zero-order valence-corrected chi connectivity index (χ0v) is 26.7. The maximum atomic E-state index is 14.3. The predicted octanol–water partition coefficient (Wildman–Crippen LogP) is 7.01. The van der Waals surface area contributed by atoms with Crippen molar-refractivity contribution in [1.29, 1.82) is 0 Å². The third-order valence-corrected chi connectivity index (χ3v) is 7.61. The summed E-state index contributed by atoms with van der Waals surface area (Å²) in [6, 6.07) is -0.00650. The highest BCUT2D eigenvalue weighted by Crippen LogP contribution is 2.33. The van der Waals surface area contributed by atoms with Gasteiger partial charge in [-0.25, -0.2) is 4.98 Å². The molecule has 0 radical (unpaired) electrons. The molecule has 0 bridgehead atoms. The Kier molecular flexibility index (Phi) is 13.3. The molecule has 1 aliphatic rings. The number of hydrogen-bond acceptors (Lipinski definition) is 6. The molecule has 1 N–H and O–H groups in total. The van der Waals surface area contributed by atoms with Crippen LogP contribution in [0, 0.1) is 0 Å². The van der Waals surface area contributed by atoms with Gasteiger partial charge in [0.15, 0.2) is 0 Å². The highest BCUT2D eigenvalue weighted by atomic mass is 16.2. The molecule has 1 amide bonds. The summed E-state index contributed by atoms with van der Waals surface area (Å²) in [5.41, 5.74) is 0.813. The number of nitrogens with one attached hydrogen (secondary N) is 1. The molecule has 0 aliphatic carbocycles. The van der Waals surface area contributed by atoms with Crippen LogP contribution in [0.15, 0.2) is 11.8 Å². The zero-order valence-electron chi connectivity index (χ0n) is 26.7. The Morgan fingerprint density at radius 2 is 1.28 bits per heavy atom. The number of piperidine rings is 1. The fraction of sp³-hybridized carbons (Fsp3) is 0.812. The molecule has 1 saturated heterocycles. The quantitative estimate of drug-likeness (QED) is 0.227. The van der Waals surface area contributed by atoms with Crippen LogP contribution in [-0.4, -0.2) is 56.0 Å². The van der Waals surface area contributed by atoms with E-state index >= 15 is 0 Å². The third kappa shape index (κ3) is 10.8. The monoisotopic (exact) mass is 542 g/mol. The largest absolute Gasteiger partial charge is 0.375 e. The van der Waals surface area contributed by atoms with E-state index in [0.717, 1.165) is 107 Å². The summed E-state index contributed by atoms with van der Waals surface area (Å²) in [5, 5.41) is 3.78. The van der Waals surface area contributed by atoms with Crippen molar-refractivity contribution in [3.05, 3.63) is 23.4 Å². The van der Waals surface area contributed by atoms with Gasteiger partial charge in [-0.2, -0.15) is 9.97 Å². The second kappa shape index (κ2) is 15.7. The molecule has 0 aromatic carbocycles. The van der Waals surface area contributed by atoms with Gasteiger partial charge in [0, 0.05) is 54.8 Å². The number of carbonyl (C=O) groups excluding carboxylic acids is 1. The normalized spacial score (nSPS) is 17.3. The number of amides is 1. The van der Waals surface area contributed by atoms with Gasteiger partial charge in [0.2, 0.25) is 5.95 Å². The van der Waals surface area contributed by atoms with Crippen LogP contribution in [0.25, 0.3) is 0 Å². The van der Waals surface area contributed by atoms with Gasteiger partial charge in [-0.3, -0.25) is 9.69 Å². The number of carbonyl (C=O) groups is 1. The lowest BCUT2D eigenvalue weighted by atomic mass is 9.79. The van der Waals surface area contributed by atoms with E-state index < -0.39 is 0 Å². The van der Waals surface area contributed by atoms with E-state index in [9.17, 15) is 4.79 Å². The molecule has 1 aromatic heterocycles. The molecule has 2 heterocycles. The van der Waals surface area contributed by atoms with Crippen molar-refractivity contribution >= 4 is 11.9 Å². The van der Waals surface area contributed by atoms with Crippen molar-refractivity contribution < 1.29 is 4.79 Å². The van der Waals surface area contributed by atoms with E-state index in [-0.39, 0.29) is 23.0 Å². The van der Waals surface area contributed by atoms with Crippen LogP contribution in [0.5, 0.6) is 0 Å². The Morgan fingerprint density at radius 1 is 0.821 bits per heavy atom. The van der Waals surface area contributed by atoms with Crippen molar-refractivity contribution in [3.63, 3.8) is 0 Å². The first-order valence-corrected chi connectivity index (χ1v) is 15.7. The minimum atomic E-state index is -0.110. The van der Waals surface area contributed by atoms with Crippen molar-refractivity contribution in [3.8, 4) is 0 Å². The average Bonchev–Trinajstić information content (AvgIpc) is 2.84. The lowest BCUT2D eigenvalue weighted by Crippen LogP contribution is -2.63. The lowest BCUT2D eigenvalue weighted by molar-refractivity contribution is -0.115. The maximum absolute atomic E-state index is 14.3. The molecule has 7 heteroatoms. The van der Waals surface area contributed by atoms with E-state index in [1.54, 1.807) is 0 Å². The van der Waals surface area contributed by atoms with Gasteiger partial charge in [0.05, 0.1) is 0 Å². The smallest absolute Gasteiger partial charge is 0.255 e. The molecule has 0 atom stereocenters. The standard InChI is InChI=1S/C32H58N6O/c1-10-14-18-27-33-28(19-15-11-2)35-30(34-27)38(26-23-31(6,7)36-32(8,9)24-26)29(39)22-25(5)37(20-16-12-3)21-17-13-4/h22,26,36H,10-21,23-24H2,1-9H3/b25-22-. The van der Waals surface area contributed by atoms with Crippen LogP contribution in [0.3, 0.4) is 0 Å². The number of aryl methyl sites for hydroxylation is 2. The van der Waals surface area contributed by atoms with E-state index in [4.69, 9.17) is 15.0 Å². The van der Waals surface area contributed by atoms with E-state index in [1.807, 2.05) is 11.0 Å².